The largest absolute Gasteiger partial charge is 0.396 e. The van der Waals surface area contributed by atoms with E-state index in [2.05, 4.69) is 4.90 Å². The van der Waals surface area contributed by atoms with E-state index in [1.165, 1.54) is 6.07 Å². The van der Waals surface area contributed by atoms with Gasteiger partial charge in [-0.1, -0.05) is 0 Å². The molecular weight excluding hydrogens is 328 g/mol. The fourth-order valence-electron chi connectivity index (χ4n) is 4.16. The normalized spacial score (nSPS) is 23.4. The van der Waals surface area contributed by atoms with Crippen LogP contribution in [-0.2, 0) is 0 Å². The van der Waals surface area contributed by atoms with E-state index >= 15 is 0 Å². The number of nitrogens with zero attached hydrogens (tertiary/aromatic N) is 3. The number of aryl methyl sites for hydroxylation is 1. The van der Waals surface area contributed by atoms with Crippen molar-refractivity contribution in [2.45, 2.75) is 45.2 Å². The van der Waals surface area contributed by atoms with Crippen LogP contribution in [0.4, 0.5) is 8.78 Å². The maximum atomic E-state index is 13.2. The Balaban J connectivity index is 1.60. The molecule has 2 aliphatic rings. The first-order chi connectivity index (χ1) is 12.0. The molecule has 25 heavy (non-hydrogen) atoms. The van der Waals surface area contributed by atoms with Gasteiger partial charge in [0, 0.05) is 38.0 Å². The third kappa shape index (κ3) is 3.87. The molecule has 5 nitrogen and oxygen atoms in total. The van der Waals surface area contributed by atoms with Crippen molar-refractivity contribution < 1.29 is 18.7 Å². The van der Waals surface area contributed by atoms with E-state index in [0.29, 0.717) is 30.7 Å². The molecular formula is C18H27F2N3O2. The number of carbonyl (C=O) groups is 1. The molecule has 0 bridgehead atoms. The highest BCUT2D eigenvalue weighted by Gasteiger charge is 2.31. The Morgan fingerprint density at radius 1 is 1.24 bits per heavy atom. The van der Waals surface area contributed by atoms with Crippen LogP contribution in [0.1, 0.15) is 48.4 Å². The van der Waals surface area contributed by atoms with Gasteiger partial charge in [-0.3, -0.25) is 14.3 Å². The highest BCUT2D eigenvalue weighted by molar-refractivity contribution is 5.93. The lowest BCUT2D eigenvalue weighted by atomic mass is 9.94. The molecule has 2 aliphatic heterocycles. The van der Waals surface area contributed by atoms with Crippen LogP contribution in [0.3, 0.4) is 0 Å². The zero-order valence-electron chi connectivity index (χ0n) is 14.7. The van der Waals surface area contributed by atoms with Gasteiger partial charge in [-0.2, -0.15) is 8.78 Å². The second-order valence-corrected chi connectivity index (χ2v) is 7.22. The summed E-state index contributed by atoms with van der Waals surface area (Å²) in [6.45, 7) is 2.27. The van der Waals surface area contributed by atoms with Crippen molar-refractivity contribution in [1.29, 1.82) is 0 Å². The highest BCUT2D eigenvalue weighted by atomic mass is 19.3. The monoisotopic (exact) mass is 355 g/mol. The summed E-state index contributed by atoms with van der Waals surface area (Å²) in [5, 5.41) is 9.38. The van der Waals surface area contributed by atoms with E-state index in [0.717, 1.165) is 43.3 Å². The van der Waals surface area contributed by atoms with E-state index in [1.54, 1.807) is 17.9 Å². The number of hydrogen-bond acceptors (Lipinski definition) is 3. The summed E-state index contributed by atoms with van der Waals surface area (Å²) in [6.07, 6.45) is 3.90. The topological polar surface area (TPSA) is 48.7 Å². The number of halogens is 2. The van der Waals surface area contributed by atoms with Crippen LogP contribution in [0.5, 0.6) is 0 Å². The first-order valence-corrected chi connectivity index (χ1v) is 9.11. The zero-order chi connectivity index (χ0) is 18.0. The van der Waals surface area contributed by atoms with Crippen LogP contribution in [0.25, 0.3) is 0 Å². The Hall–Kier alpha value is -1.47. The lowest BCUT2D eigenvalue weighted by molar-refractivity contribution is 0.0397. The van der Waals surface area contributed by atoms with Crippen LogP contribution >= 0.6 is 0 Å². The minimum absolute atomic E-state index is 0.0734. The lowest BCUT2D eigenvalue weighted by Crippen LogP contribution is -2.50. The fraction of sp³-hybridized carbons (Fsp3) is 0.722. The van der Waals surface area contributed by atoms with Crippen LogP contribution < -0.4 is 0 Å². The molecule has 0 aliphatic carbocycles. The lowest BCUT2D eigenvalue weighted by Gasteiger charge is -2.42. The van der Waals surface area contributed by atoms with E-state index in [-0.39, 0.29) is 18.2 Å². The Kier molecular flexibility index (Phi) is 5.74. The molecule has 2 fully saturated rings. The molecule has 0 spiro atoms. The molecule has 140 valence electrons. The molecule has 0 saturated carbocycles. The van der Waals surface area contributed by atoms with E-state index in [4.69, 9.17) is 0 Å². The maximum Gasteiger partial charge on any atom is 0.319 e. The summed E-state index contributed by atoms with van der Waals surface area (Å²) in [4.78, 5) is 16.8. The van der Waals surface area contributed by atoms with Crippen molar-refractivity contribution in [3.63, 3.8) is 0 Å². The van der Waals surface area contributed by atoms with Gasteiger partial charge in [0.2, 0.25) is 0 Å². The Labute approximate surface area is 147 Å². The minimum Gasteiger partial charge on any atom is -0.396 e. The molecule has 1 N–H and O–H groups in total. The Bertz CT molecular complexity index is 597. The average Bonchev–Trinajstić information content (AvgIpc) is 3.03. The Morgan fingerprint density at radius 2 is 1.96 bits per heavy atom. The van der Waals surface area contributed by atoms with Gasteiger partial charge < -0.3 is 10.0 Å². The van der Waals surface area contributed by atoms with Gasteiger partial charge in [-0.25, -0.2) is 0 Å². The number of piperidine rings is 2. The second-order valence-electron chi connectivity index (χ2n) is 7.22. The predicted molar refractivity (Wildman–Crippen MR) is 90.7 cm³/mol. The zero-order valence-corrected chi connectivity index (χ0v) is 14.7. The summed E-state index contributed by atoms with van der Waals surface area (Å²) in [7, 11) is 0. The van der Waals surface area contributed by atoms with Crippen LogP contribution in [0.15, 0.2) is 12.1 Å². The molecule has 1 atom stereocenters. The molecule has 2 saturated heterocycles. The van der Waals surface area contributed by atoms with E-state index in [1.807, 2.05) is 0 Å². The third-order valence-corrected chi connectivity index (χ3v) is 5.61. The van der Waals surface area contributed by atoms with Crippen molar-refractivity contribution in [3.8, 4) is 0 Å². The summed E-state index contributed by atoms with van der Waals surface area (Å²) in [6, 6.07) is 3.48. The molecule has 1 aromatic rings. The van der Waals surface area contributed by atoms with Gasteiger partial charge in [0.25, 0.3) is 5.91 Å². The standard InChI is InChI=1S/C18H27F2N3O2/c1-13-4-5-16(23(13)18(19)20)17(25)21-9-6-15(7-10-21)22-8-2-3-14(11-22)12-24/h4-5,14-15,18,24H,2-3,6-12H2,1H3/t14-/m0/s1. The number of likely N-dealkylation sites (tertiary alicyclic amines) is 2. The van der Waals surface area contributed by atoms with Crippen LogP contribution in [0, 0.1) is 12.8 Å². The molecule has 3 heterocycles. The summed E-state index contributed by atoms with van der Waals surface area (Å²) in [5.74, 6) is 0.0458. The van der Waals surface area contributed by atoms with Crippen molar-refractivity contribution >= 4 is 5.91 Å². The first kappa shape index (κ1) is 18.3. The van der Waals surface area contributed by atoms with Crippen molar-refractivity contribution in [2.75, 3.05) is 32.8 Å². The highest BCUT2D eigenvalue weighted by Crippen LogP contribution is 2.25. The molecule has 7 heteroatoms. The second kappa shape index (κ2) is 7.83. The Morgan fingerprint density at radius 3 is 2.60 bits per heavy atom. The fourth-order valence-corrected chi connectivity index (χ4v) is 4.16. The van der Waals surface area contributed by atoms with Gasteiger partial charge in [-0.05, 0) is 57.2 Å². The van der Waals surface area contributed by atoms with E-state index < -0.39 is 6.55 Å². The van der Waals surface area contributed by atoms with Gasteiger partial charge in [-0.15, -0.1) is 0 Å². The maximum absolute atomic E-state index is 13.2. The smallest absolute Gasteiger partial charge is 0.319 e. The van der Waals surface area contributed by atoms with Crippen LogP contribution in [-0.4, -0.2) is 64.2 Å². The molecule has 0 radical (unpaired) electrons. The van der Waals surface area contributed by atoms with Crippen molar-refractivity contribution in [1.82, 2.24) is 14.4 Å². The van der Waals surface area contributed by atoms with Crippen LogP contribution in [0.2, 0.25) is 0 Å². The van der Waals surface area contributed by atoms with Gasteiger partial charge in [0.1, 0.15) is 5.69 Å². The first-order valence-electron chi connectivity index (χ1n) is 9.11. The van der Waals surface area contributed by atoms with Crippen molar-refractivity contribution in [3.05, 3.63) is 23.5 Å². The number of aliphatic hydroxyl groups excluding tert-OH is 1. The van der Waals surface area contributed by atoms with Crippen molar-refractivity contribution in [2.24, 2.45) is 5.92 Å². The summed E-state index contributed by atoms with van der Waals surface area (Å²) >= 11 is 0. The molecule has 1 aromatic heterocycles. The summed E-state index contributed by atoms with van der Waals surface area (Å²) in [5.41, 5.74) is 0.473. The molecule has 0 aromatic carbocycles. The van der Waals surface area contributed by atoms with Gasteiger partial charge in [0.15, 0.2) is 0 Å². The molecule has 1 amide bonds. The SMILES string of the molecule is Cc1ccc(C(=O)N2CCC(N3CCC[C@H](CO)C3)CC2)n1C(F)F. The number of aliphatic hydroxyl groups is 1. The van der Waals surface area contributed by atoms with Gasteiger partial charge >= 0.3 is 6.55 Å². The summed E-state index contributed by atoms with van der Waals surface area (Å²) < 4.78 is 27.2. The number of aromatic nitrogens is 1. The predicted octanol–water partition coefficient (Wildman–Crippen LogP) is 2.50. The molecule has 3 rings (SSSR count). The number of alkyl halides is 2. The number of carbonyl (C=O) groups excluding carboxylic acids is 1. The minimum atomic E-state index is -2.70. The molecule has 0 unspecified atom stereocenters. The third-order valence-electron chi connectivity index (χ3n) is 5.61. The quantitative estimate of drug-likeness (QED) is 0.903. The van der Waals surface area contributed by atoms with E-state index in [9.17, 15) is 18.7 Å². The van der Waals surface area contributed by atoms with Gasteiger partial charge in [0.05, 0.1) is 0 Å². The number of amides is 1. The number of rotatable bonds is 4. The number of hydrogen-bond donors (Lipinski definition) is 1. The average molecular weight is 355 g/mol.